The third-order valence-corrected chi connectivity index (χ3v) is 3.61. The van der Waals surface area contributed by atoms with Crippen molar-refractivity contribution in [3.8, 4) is 17.1 Å². The van der Waals surface area contributed by atoms with Gasteiger partial charge in [-0.15, -0.1) is 0 Å². The molecule has 0 amide bonds. The Kier molecular flexibility index (Phi) is 3.21. The Morgan fingerprint density at radius 2 is 2.05 bits per heavy atom. The number of aromatic nitrogens is 2. The highest BCUT2D eigenvalue weighted by molar-refractivity contribution is 5.55. The lowest BCUT2D eigenvalue weighted by Gasteiger charge is -2.01. The van der Waals surface area contributed by atoms with Crippen molar-refractivity contribution in [3.05, 3.63) is 30.2 Å². The molecule has 2 N–H and O–H groups in total. The van der Waals surface area contributed by atoms with Gasteiger partial charge in [0, 0.05) is 17.5 Å². The fourth-order valence-electron chi connectivity index (χ4n) is 2.50. The van der Waals surface area contributed by atoms with Crippen molar-refractivity contribution in [2.45, 2.75) is 31.2 Å². The highest BCUT2D eigenvalue weighted by atomic mass is 16.5. The Balaban J connectivity index is 1.80. The van der Waals surface area contributed by atoms with Crippen LogP contribution >= 0.6 is 0 Å². The minimum atomic E-state index is 0.265. The number of nitrogens with two attached hydrogens (primary N) is 1. The quantitative estimate of drug-likeness (QED) is 0.915. The van der Waals surface area contributed by atoms with Gasteiger partial charge in [0.1, 0.15) is 5.75 Å². The first kappa shape index (κ1) is 12.2. The third-order valence-electron chi connectivity index (χ3n) is 3.61. The molecule has 1 heterocycles. The largest absolute Gasteiger partial charge is 0.497 e. The van der Waals surface area contributed by atoms with Gasteiger partial charge in [0.15, 0.2) is 0 Å². The summed E-state index contributed by atoms with van der Waals surface area (Å²) in [6.07, 6.45) is 3.00. The zero-order valence-electron chi connectivity index (χ0n) is 10.9. The molecule has 0 bridgehead atoms. The summed E-state index contributed by atoms with van der Waals surface area (Å²) < 4.78 is 10.5. The lowest BCUT2D eigenvalue weighted by atomic mass is 10.1. The highest BCUT2D eigenvalue weighted by Crippen LogP contribution is 2.33. The molecule has 1 fully saturated rings. The Morgan fingerprint density at radius 1 is 1.26 bits per heavy atom. The summed E-state index contributed by atoms with van der Waals surface area (Å²) >= 11 is 0. The zero-order chi connectivity index (χ0) is 13.2. The van der Waals surface area contributed by atoms with E-state index < -0.39 is 0 Å². The summed E-state index contributed by atoms with van der Waals surface area (Å²) in [6, 6.07) is 7.89. The standard InChI is InChI=1S/C14H17N3O2/c1-18-12-6-3-9(4-7-12)13-16-14(19-17-13)10-2-5-11(15)8-10/h3-4,6-7,10-11H,2,5,8,15H2,1H3. The second kappa shape index (κ2) is 5.01. The third kappa shape index (κ3) is 2.46. The topological polar surface area (TPSA) is 74.2 Å². The first-order valence-electron chi connectivity index (χ1n) is 6.50. The van der Waals surface area contributed by atoms with Crippen molar-refractivity contribution >= 4 is 0 Å². The minimum absolute atomic E-state index is 0.265. The molecule has 0 saturated heterocycles. The van der Waals surface area contributed by atoms with Gasteiger partial charge in [-0.05, 0) is 43.5 Å². The minimum Gasteiger partial charge on any atom is -0.497 e. The number of nitrogens with zero attached hydrogens (tertiary/aromatic N) is 2. The van der Waals surface area contributed by atoms with E-state index in [2.05, 4.69) is 10.1 Å². The molecule has 1 saturated carbocycles. The van der Waals surface area contributed by atoms with Crippen LogP contribution in [0.5, 0.6) is 5.75 Å². The molecule has 2 atom stereocenters. The van der Waals surface area contributed by atoms with E-state index in [1.54, 1.807) is 7.11 Å². The van der Waals surface area contributed by atoms with Crippen molar-refractivity contribution in [2.75, 3.05) is 7.11 Å². The highest BCUT2D eigenvalue weighted by Gasteiger charge is 2.27. The monoisotopic (exact) mass is 259 g/mol. The van der Waals surface area contributed by atoms with Crippen LogP contribution in [0.15, 0.2) is 28.8 Å². The van der Waals surface area contributed by atoms with E-state index in [9.17, 15) is 0 Å². The molecule has 19 heavy (non-hydrogen) atoms. The van der Waals surface area contributed by atoms with Gasteiger partial charge in [-0.25, -0.2) is 0 Å². The molecule has 2 aromatic rings. The van der Waals surface area contributed by atoms with E-state index in [0.717, 1.165) is 30.6 Å². The molecule has 0 aliphatic heterocycles. The number of rotatable bonds is 3. The molecule has 1 aromatic heterocycles. The molecular weight excluding hydrogens is 242 g/mol. The van der Waals surface area contributed by atoms with Crippen LogP contribution in [0.3, 0.4) is 0 Å². The molecule has 3 rings (SSSR count). The molecule has 0 spiro atoms. The van der Waals surface area contributed by atoms with E-state index in [4.69, 9.17) is 15.0 Å². The summed E-state index contributed by atoms with van der Waals surface area (Å²) in [5.41, 5.74) is 6.84. The van der Waals surface area contributed by atoms with E-state index >= 15 is 0 Å². The lowest BCUT2D eigenvalue weighted by Crippen LogP contribution is -2.14. The fraction of sp³-hybridized carbons (Fsp3) is 0.429. The van der Waals surface area contributed by atoms with Crippen molar-refractivity contribution < 1.29 is 9.26 Å². The molecule has 1 aromatic carbocycles. The number of ether oxygens (including phenoxy) is 1. The number of hydrogen-bond donors (Lipinski definition) is 1. The number of hydrogen-bond acceptors (Lipinski definition) is 5. The van der Waals surface area contributed by atoms with E-state index in [-0.39, 0.29) is 6.04 Å². The van der Waals surface area contributed by atoms with Crippen LogP contribution in [0, 0.1) is 0 Å². The Hall–Kier alpha value is -1.88. The van der Waals surface area contributed by atoms with Crippen molar-refractivity contribution in [1.82, 2.24) is 10.1 Å². The van der Waals surface area contributed by atoms with Crippen LogP contribution in [0.4, 0.5) is 0 Å². The fourth-order valence-corrected chi connectivity index (χ4v) is 2.50. The zero-order valence-corrected chi connectivity index (χ0v) is 10.9. The maximum absolute atomic E-state index is 5.91. The number of benzene rings is 1. The van der Waals surface area contributed by atoms with Crippen LogP contribution < -0.4 is 10.5 Å². The van der Waals surface area contributed by atoms with Gasteiger partial charge in [0.05, 0.1) is 7.11 Å². The molecule has 1 aliphatic carbocycles. The van der Waals surface area contributed by atoms with Crippen molar-refractivity contribution in [2.24, 2.45) is 5.73 Å². The molecule has 5 heteroatoms. The average Bonchev–Trinajstić information content (AvgIpc) is 3.07. The Bertz CT molecular complexity index is 550. The molecular formula is C14H17N3O2. The Morgan fingerprint density at radius 3 is 2.68 bits per heavy atom. The van der Waals surface area contributed by atoms with Gasteiger partial charge >= 0.3 is 0 Å². The second-order valence-electron chi connectivity index (χ2n) is 4.95. The van der Waals surface area contributed by atoms with Crippen molar-refractivity contribution in [3.63, 3.8) is 0 Å². The number of methoxy groups -OCH3 is 1. The van der Waals surface area contributed by atoms with E-state index in [1.165, 1.54) is 0 Å². The molecule has 0 radical (unpaired) electrons. The maximum Gasteiger partial charge on any atom is 0.230 e. The molecule has 2 unspecified atom stereocenters. The van der Waals surface area contributed by atoms with Crippen LogP contribution in [-0.2, 0) is 0 Å². The molecule has 1 aliphatic rings. The average molecular weight is 259 g/mol. The smallest absolute Gasteiger partial charge is 0.230 e. The van der Waals surface area contributed by atoms with Crippen LogP contribution in [0.1, 0.15) is 31.1 Å². The predicted molar refractivity (Wildman–Crippen MR) is 70.9 cm³/mol. The first-order chi connectivity index (χ1) is 9.26. The summed E-state index contributed by atoms with van der Waals surface area (Å²) in [6.45, 7) is 0. The predicted octanol–water partition coefficient (Wildman–Crippen LogP) is 2.34. The van der Waals surface area contributed by atoms with Gasteiger partial charge < -0.3 is 15.0 Å². The van der Waals surface area contributed by atoms with Gasteiger partial charge in [-0.2, -0.15) is 4.98 Å². The second-order valence-corrected chi connectivity index (χ2v) is 4.95. The lowest BCUT2D eigenvalue weighted by molar-refractivity contribution is 0.353. The van der Waals surface area contributed by atoms with Crippen molar-refractivity contribution in [1.29, 1.82) is 0 Å². The van der Waals surface area contributed by atoms with Crippen LogP contribution in [0.25, 0.3) is 11.4 Å². The summed E-state index contributed by atoms with van der Waals surface area (Å²) in [7, 11) is 1.64. The SMILES string of the molecule is COc1ccc(-c2noc(C3CCC(N)C3)n2)cc1. The normalized spacial score (nSPS) is 22.6. The Labute approximate surface area is 111 Å². The summed E-state index contributed by atoms with van der Waals surface area (Å²) in [5.74, 6) is 2.46. The van der Waals surface area contributed by atoms with Crippen LogP contribution in [0.2, 0.25) is 0 Å². The summed E-state index contributed by atoms with van der Waals surface area (Å²) in [5, 5.41) is 4.04. The summed E-state index contributed by atoms with van der Waals surface area (Å²) in [4.78, 5) is 4.48. The maximum atomic E-state index is 5.91. The first-order valence-corrected chi connectivity index (χ1v) is 6.50. The van der Waals surface area contributed by atoms with E-state index in [1.807, 2.05) is 24.3 Å². The van der Waals surface area contributed by atoms with Gasteiger partial charge in [-0.1, -0.05) is 5.16 Å². The molecule has 100 valence electrons. The van der Waals surface area contributed by atoms with Gasteiger partial charge in [0.25, 0.3) is 0 Å². The van der Waals surface area contributed by atoms with Gasteiger partial charge in [0.2, 0.25) is 11.7 Å². The van der Waals surface area contributed by atoms with Gasteiger partial charge in [-0.3, -0.25) is 0 Å². The van der Waals surface area contributed by atoms with Crippen LogP contribution in [-0.4, -0.2) is 23.3 Å². The van der Waals surface area contributed by atoms with E-state index in [0.29, 0.717) is 17.6 Å². The molecule has 5 nitrogen and oxygen atoms in total.